The molecule has 0 fully saturated rings. The predicted octanol–water partition coefficient (Wildman–Crippen LogP) is 4.08. The topological polar surface area (TPSA) is 12.0 Å². The van der Waals surface area contributed by atoms with Gasteiger partial charge in [0.1, 0.15) is 0 Å². The van der Waals surface area contributed by atoms with Crippen LogP contribution in [-0.4, -0.2) is 6.54 Å². The van der Waals surface area contributed by atoms with E-state index in [0.29, 0.717) is 0 Å². The fraction of sp³-hybridized carbons (Fsp3) is 0.294. The molecule has 0 aromatic heterocycles. The fourth-order valence-electron chi connectivity index (χ4n) is 2.16. The summed E-state index contributed by atoms with van der Waals surface area (Å²) in [5.41, 5.74) is 6.63. The van der Waals surface area contributed by atoms with Crippen LogP contribution in [0.25, 0.3) is 11.1 Å². The van der Waals surface area contributed by atoms with E-state index in [9.17, 15) is 0 Å². The lowest BCUT2D eigenvalue weighted by Gasteiger charge is -2.09. The van der Waals surface area contributed by atoms with Gasteiger partial charge in [0.2, 0.25) is 0 Å². The molecule has 1 N–H and O–H groups in total. The third-order valence-electron chi connectivity index (χ3n) is 3.23. The third kappa shape index (κ3) is 2.99. The van der Waals surface area contributed by atoms with Gasteiger partial charge in [-0.1, -0.05) is 55.0 Å². The zero-order valence-electron chi connectivity index (χ0n) is 11.5. The second-order valence-electron chi connectivity index (χ2n) is 4.80. The Bertz CT molecular complexity index is 512. The van der Waals surface area contributed by atoms with Crippen molar-refractivity contribution in [1.29, 1.82) is 0 Å². The average molecular weight is 239 g/mol. The molecular weight excluding hydrogens is 218 g/mol. The fourth-order valence-corrected chi connectivity index (χ4v) is 2.16. The van der Waals surface area contributed by atoms with E-state index in [-0.39, 0.29) is 0 Å². The summed E-state index contributed by atoms with van der Waals surface area (Å²) >= 11 is 0. The molecule has 1 heteroatoms. The standard InChI is InChI=1S/C17H21N/c1-4-18-12-15-7-10-17(14(3)11-15)16-8-5-13(2)6-9-16/h5-11,18H,4,12H2,1-3H3. The summed E-state index contributed by atoms with van der Waals surface area (Å²) in [7, 11) is 0. The minimum absolute atomic E-state index is 0.950. The highest BCUT2D eigenvalue weighted by Gasteiger charge is 2.02. The molecular formula is C17H21N. The van der Waals surface area contributed by atoms with Crippen LogP contribution in [0.5, 0.6) is 0 Å². The molecule has 18 heavy (non-hydrogen) atoms. The lowest BCUT2D eigenvalue weighted by molar-refractivity contribution is 0.726. The smallest absolute Gasteiger partial charge is 0.0205 e. The quantitative estimate of drug-likeness (QED) is 0.847. The van der Waals surface area contributed by atoms with Crippen molar-refractivity contribution in [3.05, 3.63) is 59.2 Å². The molecule has 0 spiro atoms. The van der Waals surface area contributed by atoms with Crippen molar-refractivity contribution < 1.29 is 0 Å². The number of hydrogen-bond acceptors (Lipinski definition) is 1. The number of aryl methyl sites for hydroxylation is 2. The van der Waals surface area contributed by atoms with Gasteiger partial charge >= 0.3 is 0 Å². The maximum absolute atomic E-state index is 3.36. The van der Waals surface area contributed by atoms with E-state index in [4.69, 9.17) is 0 Å². The summed E-state index contributed by atoms with van der Waals surface area (Å²) in [5.74, 6) is 0. The van der Waals surface area contributed by atoms with Gasteiger partial charge in [-0.25, -0.2) is 0 Å². The first-order valence-electron chi connectivity index (χ1n) is 6.58. The number of rotatable bonds is 4. The summed E-state index contributed by atoms with van der Waals surface area (Å²) in [6, 6.07) is 15.4. The Morgan fingerprint density at radius 1 is 0.944 bits per heavy atom. The molecule has 94 valence electrons. The Morgan fingerprint density at radius 2 is 1.67 bits per heavy atom. The van der Waals surface area contributed by atoms with Gasteiger partial charge in [0.15, 0.2) is 0 Å². The maximum Gasteiger partial charge on any atom is 0.0205 e. The van der Waals surface area contributed by atoms with Crippen molar-refractivity contribution in [3.8, 4) is 11.1 Å². The SMILES string of the molecule is CCNCc1ccc(-c2ccc(C)cc2)c(C)c1. The van der Waals surface area contributed by atoms with E-state index < -0.39 is 0 Å². The lowest BCUT2D eigenvalue weighted by Crippen LogP contribution is -2.11. The van der Waals surface area contributed by atoms with Crippen molar-refractivity contribution >= 4 is 0 Å². The zero-order chi connectivity index (χ0) is 13.0. The molecule has 0 aliphatic carbocycles. The lowest BCUT2D eigenvalue weighted by atomic mass is 9.98. The van der Waals surface area contributed by atoms with E-state index in [1.165, 1.54) is 27.8 Å². The van der Waals surface area contributed by atoms with Gasteiger partial charge < -0.3 is 5.32 Å². The molecule has 0 aliphatic rings. The minimum Gasteiger partial charge on any atom is -0.313 e. The van der Waals surface area contributed by atoms with Crippen molar-refractivity contribution in [3.63, 3.8) is 0 Å². The van der Waals surface area contributed by atoms with Gasteiger partial charge in [-0.15, -0.1) is 0 Å². The molecule has 2 aromatic carbocycles. The van der Waals surface area contributed by atoms with Gasteiger partial charge in [-0.2, -0.15) is 0 Å². The van der Waals surface area contributed by atoms with Crippen LogP contribution in [0, 0.1) is 13.8 Å². The van der Waals surface area contributed by atoms with Crippen molar-refractivity contribution in [2.24, 2.45) is 0 Å². The Morgan fingerprint density at radius 3 is 2.28 bits per heavy atom. The molecule has 2 aromatic rings. The Kier molecular flexibility index (Phi) is 4.16. The second kappa shape index (κ2) is 5.83. The Hall–Kier alpha value is -1.60. The molecule has 0 atom stereocenters. The summed E-state index contributed by atoms with van der Waals surface area (Å²) in [5, 5.41) is 3.36. The summed E-state index contributed by atoms with van der Waals surface area (Å²) in [4.78, 5) is 0. The van der Waals surface area contributed by atoms with Crippen LogP contribution in [0.15, 0.2) is 42.5 Å². The van der Waals surface area contributed by atoms with E-state index in [1.807, 2.05) is 0 Å². The van der Waals surface area contributed by atoms with Gasteiger partial charge in [0, 0.05) is 6.54 Å². The van der Waals surface area contributed by atoms with E-state index in [2.05, 4.69) is 68.6 Å². The molecule has 0 heterocycles. The van der Waals surface area contributed by atoms with Gasteiger partial charge in [0.25, 0.3) is 0 Å². The van der Waals surface area contributed by atoms with Crippen LogP contribution in [0.1, 0.15) is 23.6 Å². The molecule has 0 aliphatic heterocycles. The number of hydrogen-bond donors (Lipinski definition) is 1. The molecule has 0 bridgehead atoms. The molecule has 0 unspecified atom stereocenters. The molecule has 1 nitrogen and oxygen atoms in total. The molecule has 0 radical (unpaired) electrons. The van der Waals surface area contributed by atoms with Crippen LogP contribution in [0.3, 0.4) is 0 Å². The molecule has 2 rings (SSSR count). The van der Waals surface area contributed by atoms with Crippen molar-refractivity contribution in [2.45, 2.75) is 27.3 Å². The van der Waals surface area contributed by atoms with Crippen LogP contribution >= 0.6 is 0 Å². The van der Waals surface area contributed by atoms with Crippen LogP contribution in [0.4, 0.5) is 0 Å². The van der Waals surface area contributed by atoms with Crippen molar-refractivity contribution in [1.82, 2.24) is 5.32 Å². The highest BCUT2D eigenvalue weighted by Crippen LogP contribution is 2.24. The van der Waals surface area contributed by atoms with Gasteiger partial charge in [0.05, 0.1) is 0 Å². The Labute approximate surface area is 110 Å². The minimum atomic E-state index is 0.950. The van der Waals surface area contributed by atoms with Crippen LogP contribution < -0.4 is 5.32 Å². The van der Waals surface area contributed by atoms with Crippen molar-refractivity contribution in [2.75, 3.05) is 6.54 Å². The summed E-state index contributed by atoms with van der Waals surface area (Å²) < 4.78 is 0. The first-order valence-corrected chi connectivity index (χ1v) is 6.58. The maximum atomic E-state index is 3.36. The van der Waals surface area contributed by atoms with Crippen LogP contribution in [0.2, 0.25) is 0 Å². The molecule has 0 saturated heterocycles. The summed E-state index contributed by atoms with van der Waals surface area (Å²) in [6.07, 6.45) is 0. The molecule has 0 amide bonds. The van der Waals surface area contributed by atoms with E-state index in [0.717, 1.165) is 13.1 Å². The molecule has 0 saturated carbocycles. The normalized spacial score (nSPS) is 10.6. The average Bonchev–Trinajstić information content (AvgIpc) is 2.38. The highest BCUT2D eigenvalue weighted by atomic mass is 14.8. The second-order valence-corrected chi connectivity index (χ2v) is 4.80. The zero-order valence-corrected chi connectivity index (χ0v) is 11.5. The first-order chi connectivity index (χ1) is 8.70. The monoisotopic (exact) mass is 239 g/mol. The number of nitrogens with one attached hydrogen (secondary N) is 1. The number of benzene rings is 2. The van der Waals surface area contributed by atoms with E-state index in [1.54, 1.807) is 0 Å². The highest BCUT2D eigenvalue weighted by molar-refractivity contribution is 5.67. The van der Waals surface area contributed by atoms with Gasteiger partial charge in [-0.05, 0) is 42.6 Å². The third-order valence-corrected chi connectivity index (χ3v) is 3.23. The van der Waals surface area contributed by atoms with Gasteiger partial charge in [-0.3, -0.25) is 0 Å². The van der Waals surface area contributed by atoms with E-state index >= 15 is 0 Å². The Balaban J connectivity index is 2.26. The largest absolute Gasteiger partial charge is 0.313 e. The predicted molar refractivity (Wildman–Crippen MR) is 78.7 cm³/mol. The first kappa shape index (κ1) is 12.8. The van der Waals surface area contributed by atoms with Crippen LogP contribution in [-0.2, 0) is 6.54 Å². The summed E-state index contributed by atoms with van der Waals surface area (Å²) in [6.45, 7) is 8.40.